The van der Waals surface area contributed by atoms with Crippen molar-refractivity contribution in [3.63, 3.8) is 0 Å². The molecule has 98 valence electrons. The van der Waals surface area contributed by atoms with E-state index in [0.29, 0.717) is 10.9 Å². The minimum atomic E-state index is -0.861. The van der Waals surface area contributed by atoms with E-state index in [1.807, 2.05) is 6.07 Å². The molecule has 1 heterocycles. The Morgan fingerprint density at radius 3 is 2.83 bits per heavy atom. The Morgan fingerprint density at radius 2 is 2.28 bits per heavy atom. The number of carboxylic acid groups (broad SMARTS) is 1. The summed E-state index contributed by atoms with van der Waals surface area (Å²) in [6.45, 7) is 2.12. The van der Waals surface area contributed by atoms with Gasteiger partial charge in [0.15, 0.2) is 0 Å². The fourth-order valence-electron chi connectivity index (χ4n) is 1.28. The summed E-state index contributed by atoms with van der Waals surface area (Å²) in [5.41, 5.74) is 0. The first-order valence-electron chi connectivity index (χ1n) is 5.40. The summed E-state index contributed by atoms with van der Waals surface area (Å²) in [5.74, 6) is -1.19. The highest BCUT2D eigenvalue weighted by Gasteiger charge is 2.07. The summed E-state index contributed by atoms with van der Waals surface area (Å²) in [6, 6.07) is 3.59. The third kappa shape index (κ3) is 5.84. The Morgan fingerprint density at radius 1 is 1.56 bits per heavy atom. The normalized spacial score (nSPS) is 12.6. The van der Waals surface area contributed by atoms with Gasteiger partial charge in [0.1, 0.15) is 0 Å². The maximum Gasteiger partial charge on any atom is 0.303 e. The van der Waals surface area contributed by atoms with Gasteiger partial charge in [-0.2, -0.15) is 0 Å². The smallest absolute Gasteiger partial charge is 0.303 e. The zero-order chi connectivity index (χ0) is 13.5. The van der Waals surface area contributed by atoms with Crippen LogP contribution in [0.4, 0.5) is 0 Å². The standard InChI is InChI=1S/C12H14ClNO3S/c1-8(6-12(16)17)7-14-11(15)5-3-9-2-4-10(13)18-9/h2-5,8H,6-7H2,1H3,(H,14,15)(H,16,17)/b5-3+. The fraction of sp³-hybridized carbons (Fsp3) is 0.333. The van der Waals surface area contributed by atoms with E-state index in [4.69, 9.17) is 16.7 Å². The molecule has 4 nitrogen and oxygen atoms in total. The molecule has 0 aliphatic heterocycles. The Hall–Kier alpha value is -1.33. The third-order valence-corrected chi connectivity index (χ3v) is 3.34. The van der Waals surface area contributed by atoms with Crippen LogP contribution in [0.25, 0.3) is 6.08 Å². The number of carboxylic acids is 1. The number of halogens is 1. The van der Waals surface area contributed by atoms with Gasteiger partial charge in [-0.3, -0.25) is 9.59 Å². The molecule has 18 heavy (non-hydrogen) atoms. The maximum absolute atomic E-state index is 11.4. The first kappa shape index (κ1) is 14.7. The summed E-state index contributed by atoms with van der Waals surface area (Å²) < 4.78 is 0.671. The van der Waals surface area contributed by atoms with Gasteiger partial charge >= 0.3 is 5.97 Å². The lowest BCUT2D eigenvalue weighted by Crippen LogP contribution is -2.27. The second kappa shape index (κ2) is 7.18. The van der Waals surface area contributed by atoms with Crippen LogP contribution in [0.1, 0.15) is 18.2 Å². The lowest BCUT2D eigenvalue weighted by Gasteiger charge is -2.08. The van der Waals surface area contributed by atoms with Gasteiger partial charge < -0.3 is 10.4 Å². The molecule has 0 radical (unpaired) electrons. The molecule has 0 aliphatic rings. The molecule has 2 N–H and O–H groups in total. The molecule has 0 saturated carbocycles. The van der Waals surface area contributed by atoms with E-state index in [-0.39, 0.29) is 18.2 Å². The Kier molecular flexibility index (Phi) is 5.88. The topological polar surface area (TPSA) is 66.4 Å². The number of aliphatic carboxylic acids is 1. The number of hydrogen-bond acceptors (Lipinski definition) is 3. The molecule has 1 aromatic rings. The van der Waals surface area contributed by atoms with Gasteiger partial charge in [-0.25, -0.2) is 0 Å². The zero-order valence-corrected chi connectivity index (χ0v) is 11.4. The van der Waals surface area contributed by atoms with E-state index in [1.54, 1.807) is 19.1 Å². The highest BCUT2D eigenvalue weighted by molar-refractivity contribution is 7.17. The van der Waals surface area contributed by atoms with Crippen LogP contribution in [-0.4, -0.2) is 23.5 Å². The minimum Gasteiger partial charge on any atom is -0.481 e. The molecular weight excluding hydrogens is 274 g/mol. The number of nitrogens with one attached hydrogen (secondary N) is 1. The van der Waals surface area contributed by atoms with Crippen molar-refractivity contribution < 1.29 is 14.7 Å². The predicted molar refractivity (Wildman–Crippen MR) is 72.8 cm³/mol. The van der Waals surface area contributed by atoms with Crippen molar-refractivity contribution in [3.05, 3.63) is 27.4 Å². The van der Waals surface area contributed by atoms with E-state index in [2.05, 4.69) is 5.32 Å². The molecule has 6 heteroatoms. The molecule has 1 unspecified atom stereocenters. The molecule has 0 saturated heterocycles. The molecule has 0 aliphatic carbocycles. The summed E-state index contributed by atoms with van der Waals surface area (Å²) in [4.78, 5) is 22.8. The Labute approximate surface area is 114 Å². The van der Waals surface area contributed by atoms with Crippen LogP contribution < -0.4 is 5.32 Å². The van der Waals surface area contributed by atoms with E-state index >= 15 is 0 Å². The quantitative estimate of drug-likeness (QED) is 0.791. The Bertz CT molecular complexity index is 456. The summed E-state index contributed by atoms with van der Waals surface area (Å²) in [7, 11) is 0. The van der Waals surface area contributed by atoms with Crippen molar-refractivity contribution >= 4 is 40.9 Å². The van der Waals surface area contributed by atoms with Gasteiger partial charge in [-0.15, -0.1) is 11.3 Å². The summed E-state index contributed by atoms with van der Waals surface area (Å²) in [5, 5.41) is 11.2. The molecule has 0 aromatic carbocycles. The van der Waals surface area contributed by atoms with Gasteiger partial charge in [-0.1, -0.05) is 18.5 Å². The van der Waals surface area contributed by atoms with Crippen molar-refractivity contribution in [1.29, 1.82) is 0 Å². The zero-order valence-electron chi connectivity index (χ0n) is 9.85. The molecule has 1 aromatic heterocycles. The lowest BCUT2D eigenvalue weighted by atomic mass is 10.1. The van der Waals surface area contributed by atoms with Crippen LogP contribution >= 0.6 is 22.9 Å². The Balaban J connectivity index is 2.33. The molecule has 0 fully saturated rings. The van der Waals surface area contributed by atoms with E-state index in [1.165, 1.54) is 17.4 Å². The van der Waals surface area contributed by atoms with E-state index in [9.17, 15) is 9.59 Å². The summed E-state index contributed by atoms with van der Waals surface area (Å²) in [6.07, 6.45) is 3.13. The largest absolute Gasteiger partial charge is 0.481 e. The monoisotopic (exact) mass is 287 g/mol. The molecule has 0 bridgehead atoms. The molecular formula is C12H14ClNO3S. The first-order valence-corrected chi connectivity index (χ1v) is 6.60. The van der Waals surface area contributed by atoms with Gasteiger partial charge in [0.05, 0.1) is 4.34 Å². The van der Waals surface area contributed by atoms with Gasteiger partial charge in [-0.05, 0) is 24.1 Å². The van der Waals surface area contributed by atoms with Crippen molar-refractivity contribution in [2.75, 3.05) is 6.54 Å². The van der Waals surface area contributed by atoms with Crippen molar-refractivity contribution in [2.45, 2.75) is 13.3 Å². The van der Waals surface area contributed by atoms with E-state index in [0.717, 1.165) is 4.88 Å². The second-order valence-corrected chi connectivity index (χ2v) is 5.67. The van der Waals surface area contributed by atoms with Crippen LogP contribution in [0.5, 0.6) is 0 Å². The van der Waals surface area contributed by atoms with Gasteiger partial charge in [0.2, 0.25) is 5.91 Å². The minimum absolute atomic E-state index is 0.0462. The van der Waals surface area contributed by atoms with Crippen molar-refractivity contribution in [2.24, 2.45) is 5.92 Å². The van der Waals surface area contributed by atoms with Crippen LogP contribution in [0.2, 0.25) is 4.34 Å². The number of hydrogen-bond donors (Lipinski definition) is 2. The van der Waals surface area contributed by atoms with Crippen LogP contribution in [-0.2, 0) is 9.59 Å². The fourth-order valence-corrected chi connectivity index (χ4v) is 2.24. The number of thiophene rings is 1. The highest BCUT2D eigenvalue weighted by atomic mass is 35.5. The van der Waals surface area contributed by atoms with E-state index < -0.39 is 5.97 Å². The molecule has 0 spiro atoms. The van der Waals surface area contributed by atoms with Crippen LogP contribution in [0, 0.1) is 5.92 Å². The van der Waals surface area contributed by atoms with Crippen molar-refractivity contribution in [1.82, 2.24) is 5.32 Å². The number of carbonyl (C=O) groups excluding carboxylic acids is 1. The predicted octanol–water partition coefficient (Wildman–Crippen LogP) is 2.64. The second-order valence-electron chi connectivity index (χ2n) is 3.92. The van der Waals surface area contributed by atoms with Crippen LogP contribution in [0.3, 0.4) is 0 Å². The number of rotatable bonds is 6. The number of carbonyl (C=O) groups is 2. The van der Waals surface area contributed by atoms with Crippen LogP contribution in [0.15, 0.2) is 18.2 Å². The SMILES string of the molecule is CC(CNC(=O)/C=C/c1ccc(Cl)s1)CC(=O)O. The summed E-state index contributed by atoms with van der Waals surface area (Å²) >= 11 is 7.14. The molecule has 1 rings (SSSR count). The molecule has 1 amide bonds. The third-order valence-electron chi connectivity index (χ3n) is 2.14. The number of amides is 1. The highest BCUT2D eigenvalue weighted by Crippen LogP contribution is 2.22. The molecule has 1 atom stereocenters. The first-order chi connectivity index (χ1) is 8.47. The maximum atomic E-state index is 11.4. The average Bonchev–Trinajstić information content (AvgIpc) is 2.69. The average molecular weight is 288 g/mol. The van der Waals surface area contributed by atoms with Gasteiger partial charge in [0, 0.05) is 23.9 Å². The van der Waals surface area contributed by atoms with Gasteiger partial charge in [0.25, 0.3) is 0 Å². The van der Waals surface area contributed by atoms with Crippen molar-refractivity contribution in [3.8, 4) is 0 Å². The lowest BCUT2D eigenvalue weighted by molar-refractivity contribution is -0.138.